The standard InChI is InChI=1S/C12H15BrN4/c1-8-4-12(10(13)5-11(8)14)16-3-2-9-6-15-7-17-9/h4-7,16H,2-3,14H2,1H3,(H,15,17). The van der Waals surface area contributed by atoms with E-state index in [2.05, 4.69) is 31.2 Å². The van der Waals surface area contributed by atoms with Crippen LogP contribution in [-0.4, -0.2) is 16.5 Å². The molecule has 0 atom stereocenters. The van der Waals surface area contributed by atoms with Crippen molar-refractivity contribution in [2.45, 2.75) is 13.3 Å². The molecule has 0 aliphatic rings. The van der Waals surface area contributed by atoms with Crippen molar-refractivity contribution in [2.75, 3.05) is 17.6 Å². The zero-order valence-corrected chi connectivity index (χ0v) is 11.2. The lowest BCUT2D eigenvalue weighted by Crippen LogP contribution is -2.06. The number of nitrogens with two attached hydrogens (primary N) is 1. The van der Waals surface area contributed by atoms with E-state index in [1.807, 2.05) is 25.3 Å². The van der Waals surface area contributed by atoms with Gasteiger partial charge in [0.2, 0.25) is 0 Å². The molecule has 0 aliphatic heterocycles. The lowest BCUT2D eigenvalue weighted by Gasteiger charge is -2.10. The molecule has 1 heterocycles. The minimum Gasteiger partial charge on any atom is -0.398 e. The summed E-state index contributed by atoms with van der Waals surface area (Å²) >= 11 is 3.50. The van der Waals surface area contributed by atoms with Gasteiger partial charge in [0.1, 0.15) is 0 Å². The Kier molecular flexibility index (Phi) is 3.68. The molecule has 0 saturated heterocycles. The van der Waals surface area contributed by atoms with E-state index in [9.17, 15) is 0 Å². The van der Waals surface area contributed by atoms with Crippen molar-refractivity contribution >= 4 is 27.3 Å². The van der Waals surface area contributed by atoms with Gasteiger partial charge in [-0.2, -0.15) is 0 Å². The van der Waals surface area contributed by atoms with Crippen LogP contribution in [0.3, 0.4) is 0 Å². The van der Waals surface area contributed by atoms with Crippen molar-refractivity contribution in [3.05, 3.63) is 40.4 Å². The number of hydrogen-bond acceptors (Lipinski definition) is 3. The number of aryl methyl sites for hydroxylation is 1. The first kappa shape index (κ1) is 12.0. The van der Waals surface area contributed by atoms with E-state index >= 15 is 0 Å². The van der Waals surface area contributed by atoms with Crippen LogP contribution in [-0.2, 0) is 6.42 Å². The van der Waals surface area contributed by atoms with E-state index in [1.165, 1.54) is 0 Å². The van der Waals surface area contributed by atoms with Crippen LogP contribution < -0.4 is 11.1 Å². The van der Waals surface area contributed by atoms with Crippen molar-refractivity contribution < 1.29 is 0 Å². The number of nitrogens with zero attached hydrogens (tertiary/aromatic N) is 1. The Morgan fingerprint density at radius 3 is 3.00 bits per heavy atom. The predicted octanol–water partition coefficient (Wildman–Crippen LogP) is 2.72. The Hall–Kier alpha value is -1.49. The SMILES string of the molecule is Cc1cc(NCCc2cnc[nH]2)c(Br)cc1N. The molecule has 0 amide bonds. The van der Waals surface area contributed by atoms with Gasteiger partial charge >= 0.3 is 0 Å². The van der Waals surface area contributed by atoms with E-state index in [1.54, 1.807) is 6.33 Å². The highest BCUT2D eigenvalue weighted by molar-refractivity contribution is 9.10. The number of nitrogens with one attached hydrogen (secondary N) is 2. The second-order valence-corrected chi connectivity index (χ2v) is 4.80. The number of hydrogen-bond donors (Lipinski definition) is 3. The van der Waals surface area contributed by atoms with Crippen LogP contribution in [0.2, 0.25) is 0 Å². The van der Waals surface area contributed by atoms with Gasteiger partial charge in [-0.05, 0) is 40.5 Å². The molecular weight excluding hydrogens is 280 g/mol. The molecule has 1 aromatic carbocycles. The fourth-order valence-electron chi connectivity index (χ4n) is 1.59. The number of imidazole rings is 1. The molecule has 0 spiro atoms. The van der Waals surface area contributed by atoms with Crippen molar-refractivity contribution in [1.82, 2.24) is 9.97 Å². The Balaban J connectivity index is 1.97. The number of rotatable bonds is 4. The summed E-state index contributed by atoms with van der Waals surface area (Å²) in [7, 11) is 0. The summed E-state index contributed by atoms with van der Waals surface area (Å²) in [6.07, 6.45) is 4.44. The molecule has 4 nitrogen and oxygen atoms in total. The van der Waals surface area contributed by atoms with Gasteiger partial charge in [0.15, 0.2) is 0 Å². The molecule has 90 valence electrons. The first-order chi connectivity index (χ1) is 8.16. The zero-order valence-electron chi connectivity index (χ0n) is 9.63. The minimum atomic E-state index is 0.802. The monoisotopic (exact) mass is 294 g/mol. The highest BCUT2D eigenvalue weighted by atomic mass is 79.9. The predicted molar refractivity (Wildman–Crippen MR) is 74.1 cm³/mol. The average Bonchev–Trinajstić information content (AvgIpc) is 2.78. The van der Waals surface area contributed by atoms with Gasteiger partial charge in [-0.3, -0.25) is 0 Å². The number of nitrogen functional groups attached to an aromatic ring is 1. The molecular formula is C12H15BrN4. The van der Waals surface area contributed by atoms with E-state index in [4.69, 9.17) is 5.73 Å². The molecule has 0 saturated carbocycles. The summed E-state index contributed by atoms with van der Waals surface area (Å²) < 4.78 is 0.991. The molecule has 4 N–H and O–H groups in total. The lowest BCUT2D eigenvalue weighted by molar-refractivity contribution is 0.976. The summed E-state index contributed by atoms with van der Waals surface area (Å²) in [5, 5.41) is 3.37. The van der Waals surface area contributed by atoms with Gasteiger partial charge in [-0.15, -0.1) is 0 Å². The van der Waals surface area contributed by atoms with E-state index in [0.29, 0.717) is 0 Å². The van der Waals surface area contributed by atoms with Gasteiger partial charge in [0.05, 0.1) is 6.33 Å². The maximum Gasteiger partial charge on any atom is 0.0921 e. The van der Waals surface area contributed by atoms with E-state index in [0.717, 1.165) is 40.1 Å². The fraction of sp³-hybridized carbons (Fsp3) is 0.250. The molecule has 0 bridgehead atoms. The Morgan fingerprint density at radius 1 is 1.47 bits per heavy atom. The van der Waals surface area contributed by atoms with Gasteiger partial charge in [-0.1, -0.05) is 0 Å². The van der Waals surface area contributed by atoms with Gasteiger partial charge < -0.3 is 16.0 Å². The molecule has 0 fully saturated rings. The van der Waals surface area contributed by atoms with Crippen molar-refractivity contribution in [1.29, 1.82) is 0 Å². The van der Waals surface area contributed by atoms with Gasteiger partial charge in [0, 0.05) is 40.7 Å². The fourth-order valence-corrected chi connectivity index (χ4v) is 2.09. The molecule has 5 heteroatoms. The molecule has 17 heavy (non-hydrogen) atoms. The van der Waals surface area contributed by atoms with Crippen LogP contribution in [0.25, 0.3) is 0 Å². The van der Waals surface area contributed by atoms with Crippen molar-refractivity contribution in [3.63, 3.8) is 0 Å². The quantitative estimate of drug-likeness (QED) is 0.760. The van der Waals surface area contributed by atoms with Crippen molar-refractivity contribution in [3.8, 4) is 0 Å². The maximum atomic E-state index is 5.82. The number of aromatic nitrogens is 2. The number of benzene rings is 1. The largest absolute Gasteiger partial charge is 0.398 e. The van der Waals surface area contributed by atoms with Crippen LogP contribution >= 0.6 is 15.9 Å². The highest BCUT2D eigenvalue weighted by Crippen LogP contribution is 2.27. The Morgan fingerprint density at radius 2 is 2.29 bits per heavy atom. The van der Waals surface area contributed by atoms with Gasteiger partial charge in [0.25, 0.3) is 0 Å². The highest BCUT2D eigenvalue weighted by Gasteiger charge is 2.03. The minimum absolute atomic E-state index is 0.802. The van der Waals surface area contributed by atoms with Crippen molar-refractivity contribution in [2.24, 2.45) is 0 Å². The van der Waals surface area contributed by atoms with Crippen LogP contribution in [0.5, 0.6) is 0 Å². The zero-order chi connectivity index (χ0) is 12.3. The number of aromatic amines is 1. The number of anilines is 2. The summed E-state index contributed by atoms with van der Waals surface area (Å²) in [5.74, 6) is 0. The summed E-state index contributed by atoms with van der Waals surface area (Å²) in [4.78, 5) is 7.06. The Labute approximate surface area is 109 Å². The molecule has 0 radical (unpaired) electrons. The normalized spacial score (nSPS) is 10.5. The average molecular weight is 295 g/mol. The first-order valence-corrected chi connectivity index (χ1v) is 6.23. The maximum absolute atomic E-state index is 5.82. The smallest absolute Gasteiger partial charge is 0.0921 e. The third-order valence-corrected chi connectivity index (χ3v) is 3.28. The molecule has 1 aromatic heterocycles. The second-order valence-electron chi connectivity index (χ2n) is 3.94. The lowest BCUT2D eigenvalue weighted by atomic mass is 10.2. The molecule has 2 aromatic rings. The third-order valence-electron chi connectivity index (χ3n) is 2.62. The van der Waals surface area contributed by atoms with Crippen LogP contribution in [0.4, 0.5) is 11.4 Å². The van der Waals surface area contributed by atoms with Crippen LogP contribution in [0.15, 0.2) is 29.1 Å². The summed E-state index contributed by atoms with van der Waals surface area (Å²) in [6, 6.07) is 3.97. The van der Waals surface area contributed by atoms with Gasteiger partial charge in [-0.25, -0.2) is 4.98 Å². The third kappa shape index (κ3) is 3.00. The molecule has 0 aliphatic carbocycles. The van der Waals surface area contributed by atoms with Crippen LogP contribution in [0.1, 0.15) is 11.3 Å². The Bertz CT molecular complexity index is 493. The second kappa shape index (κ2) is 5.23. The molecule has 0 unspecified atom stereocenters. The first-order valence-electron chi connectivity index (χ1n) is 5.43. The summed E-state index contributed by atoms with van der Waals surface area (Å²) in [5.41, 5.74) is 9.90. The topological polar surface area (TPSA) is 66.7 Å². The van der Waals surface area contributed by atoms with E-state index < -0.39 is 0 Å². The number of halogens is 1. The molecule has 2 rings (SSSR count). The number of H-pyrrole nitrogens is 1. The van der Waals surface area contributed by atoms with E-state index in [-0.39, 0.29) is 0 Å². The van der Waals surface area contributed by atoms with Crippen LogP contribution in [0, 0.1) is 6.92 Å². The summed E-state index contributed by atoms with van der Waals surface area (Å²) in [6.45, 7) is 2.85.